The van der Waals surface area contributed by atoms with E-state index in [1.165, 1.54) is 29.5 Å². The van der Waals surface area contributed by atoms with E-state index in [0.717, 1.165) is 0 Å². The van der Waals surface area contributed by atoms with E-state index in [1.54, 1.807) is 5.56 Å². The largest absolute Gasteiger partial charge is 0.293 e. The van der Waals surface area contributed by atoms with Gasteiger partial charge in [-0.1, -0.05) is 26.0 Å². The number of benzene rings is 1. The molecule has 1 heterocycles. The molecule has 0 radical (unpaired) electrons. The zero-order chi connectivity index (χ0) is 17.2. The minimum atomic E-state index is -0.0665. The number of aryl methyl sites for hydroxylation is 3. The Labute approximate surface area is 142 Å². The zero-order valence-corrected chi connectivity index (χ0v) is 16.2. The second kappa shape index (κ2) is 5.32. The van der Waals surface area contributed by atoms with E-state index >= 15 is 0 Å². The Hall–Kier alpha value is -0.860. The predicted octanol–water partition coefficient (Wildman–Crippen LogP) is 4.94. The molecule has 0 bridgehead atoms. The average Bonchev–Trinajstić information content (AvgIpc) is 2.63. The molecular weight excluding hydrogens is 282 g/mol. The molecule has 1 aromatic rings. The van der Waals surface area contributed by atoms with Crippen molar-refractivity contribution < 1.29 is 4.84 Å². The molecule has 1 aliphatic heterocycles. The minimum Gasteiger partial charge on any atom is -0.293 e. The van der Waals surface area contributed by atoms with Gasteiger partial charge in [-0.3, -0.25) is 4.84 Å². The van der Waals surface area contributed by atoms with Gasteiger partial charge in [0.2, 0.25) is 0 Å². The summed E-state index contributed by atoms with van der Waals surface area (Å²) in [4.78, 5) is 6.20. The maximum absolute atomic E-state index is 6.20. The fourth-order valence-electron chi connectivity index (χ4n) is 5.52. The van der Waals surface area contributed by atoms with Crippen molar-refractivity contribution in [3.8, 4) is 0 Å². The highest BCUT2D eigenvalue weighted by Crippen LogP contribution is 2.53. The van der Waals surface area contributed by atoms with Gasteiger partial charge in [-0.25, -0.2) is 0 Å². The van der Waals surface area contributed by atoms with Gasteiger partial charge in [0, 0.05) is 19.0 Å². The lowest BCUT2D eigenvalue weighted by Gasteiger charge is -2.47. The normalized spacial score (nSPS) is 37.0. The van der Waals surface area contributed by atoms with E-state index in [9.17, 15) is 0 Å². The lowest BCUT2D eigenvalue weighted by Crippen LogP contribution is -2.48. The Morgan fingerprint density at radius 1 is 1.00 bits per heavy atom. The maximum Gasteiger partial charge on any atom is 0.0887 e. The van der Waals surface area contributed by atoms with Crippen LogP contribution in [0.4, 0.5) is 0 Å². The third-order valence-electron chi connectivity index (χ3n) is 6.62. The van der Waals surface area contributed by atoms with Crippen LogP contribution in [-0.2, 0) is 10.3 Å². The highest BCUT2D eigenvalue weighted by Gasteiger charge is 2.55. The molecule has 0 aromatic heterocycles. The summed E-state index contributed by atoms with van der Waals surface area (Å²) in [6, 6.07) is 5.37. The van der Waals surface area contributed by atoms with Gasteiger partial charge in [0.05, 0.1) is 5.60 Å². The number of nitrogens with zero attached hydrogens (tertiary/aromatic N) is 1. The molecule has 0 spiro atoms. The Bertz CT molecular complexity index is 621. The first kappa shape index (κ1) is 17.0. The fourth-order valence-corrected chi connectivity index (χ4v) is 5.52. The van der Waals surface area contributed by atoms with E-state index in [-0.39, 0.29) is 11.0 Å². The molecule has 1 saturated heterocycles. The Balaban J connectivity index is 2.02. The van der Waals surface area contributed by atoms with Gasteiger partial charge >= 0.3 is 0 Å². The second-order valence-electron chi connectivity index (χ2n) is 9.04. The van der Waals surface area contributed by atoms with E-state index in [2.05, 4.69) is 72.7 Å². The lowest BCUT2D eigenvalue weighted by molar-refractivity contribution is -0.182. The second-order valence-corrected chi connectivity index (χ2v) is 9.04. The summed E-state index contributed by atoms with van der Waals surface area (Å²) < 4.78 is 0. The Morgan fingerprint density at radius 2 is 1.61 bits per heavy atom. The van der Waals surface area contributed by atoms with Crippen molar-refractivity contribution >= 4 is 0 Å². The van der Waals surface area contributed by atoms with Crippen LogP contribution in [-0.4, -0.2) is 23.8 Å². The van der Waals surface area contributed by atoms with Crippen molar-refractivity contribution in [2.24, 2.45) is 11.8 Å². The number of rotatable bonds is 1. The van der Waals surface area contributed by atoms with Crippen molar-refractivity contribution in [1.29, 1.82) is 0 Å². The maximum atomic E-state index is 6.20. The molecule has 1 aliphatic carbocycles. The molecular formula is C21H33NO. The summed E-state index contributed by atoms with van der Waals surface area (Å²) in [5, 5.41) is 2.14. The molecule has 0 N–H and O–H groups in total. The Kier molecular flexibility index (Phi) is 3.93. The van der Waals surface area contributed by atoms with Crippen molar-refractivity contribution in [2.75, 3.05) is 7.05 Å². The smallest absolute Gasteiger partial charge is 0.0887 e. The summed E-state index contributed by atoms with van der Waals surface area (Å²) in [6.07, 6.45) is 2.45. The summed E-state index contributed by atoms with van der Waals surface area (Å²) in [6.45, 7) is 16.2. The first-order valence-electron chi connectivity index (χ1n) is 9.05. The standard InChI is InChI=1S/C21H33NO/c1-13-9-15(3)17(10-14(13)2)21(7)11-16(4)19-18(12-21)20(5,6)23-22(19)8/h9-10,16,18-19H,11-12H2,1-8H3. The molecule has 2 nitrogen and oxygen atoms in total. The molecule has 128 valence electrons. The van der Waals surface area contributed by atoms with Gasteiger partial charge in [0.15, 0.2) is 0 Å². The van der Waals surface area contributed by atoms with Crippen LogP contribution >= 0.6 is 0 Å². The zero-order valence-electron chi connectivity index (χ0n) is 16.2. The SMILES string of the molecule is Cc1cc(C)c(C2(C)CC(C)C3C(C2)C(C)(C)ON3C)cc1C. The summed E-state index contributed by atoms with van der Waals surface area (Å²) in [5.41, 5.74) is 6.00. The minimum absolute atomic E-state index is 0.0665. The number of hydrogen-bond donors (Lipinski definition) is 0. The Morgan fingerprint density at radius 3 is 2.26 bits per heavy atom. The molecule has 4 unspecified atom stereocenters. The third-order valence-corrected chi connectivity index (χ3v) is 6.62. The molecule has 0 amide bonds. The van der Waals surface area contributed by atoms with Gasteiger partial charge in [-0.15, -0.1) is 0 Å². The number of hydrogen-bond acceptors (Lipinski definition) is 2. The van der Waals surface area contributed by atoms with Crippen LogP contribution in [0.1, 0.15) is 62.8 Å². The fraction of sp³-hybridized carbons (Fsp3) is 0.714. The van der Waals surface area contributed by atoms with Gasteiger partial charge < -0.3 is 0 Å². The van der Waals surface area contributed by atoms with E-state index in [0.29, 0.717) is 17.9 Å². The molecule has 2 aliphatic rings. The quantitative estimate of drug-likeness (QED) is 0.728. The monoisotopic (exact) mass is 315 g/mol. The van der Waals surface area contributed by atoms with Crippen LogP contribution < -0.4 is 0 Å². The lowest BCUT2D eigenvalue weighted by atomic mass is 9.58. The molecule has 3 rings (SSSR count). The first-order chi connectivity index (χ1) is 10.5. The molecule has 2 fully saturated rings. The van der Waals surface area contributed by atoms with E-state index in [4.69, 9.17) is 4.84 Å². The van der Waals surface area contributed by atoms with Crippen LogP contribution in [0.5, 0.6) is 0 Å². The molecule has 4 atom stereocenters. The van der Waals surface area contributed by atoms with Crippen LogP contribution in [0.25, 0.3) is 0 Å². The predicted molar refractivity (Wildman–Crippen MR) is 96.6 cm³/mol. The van der Waals surface area contributed by atoms with Crippen molar-refractivity contribution in [3.05, 3.63) is 34.4 Å². The molecule has 23 heavy (non-hydrogen) atoms. The molecule has 1 saturated carbocycles. The van der Waals surface area contributed by atoms with E-state index in [1.807, 2.05) is 0 Å². The molecule has 1 aromatic carbocycles. The summed E-state index contributed by atoms with van der Waals surface area (Å²) in [5.74, 6) is 1.23. The average molecular weight is 316 g/mol. The van der Waals surface area contributed by atoms with Crippen molar-refractivity contribution in [1.82, 2.24) is 5.06 Å². The van der Waals surface area contributed by atoms with Crippen LogP contribution in [0.15, 0.2) is 12.1 Å². The third kappa shape index (κ3) is 2.64. The van der Waals surface area contributed by atoms with Crippen LogP contribution in [0.3, 0.4) is 0 Å². The van der Waals surface area contributed by atoms with Crippen molar-refractivity contribution in [3.63, 3.8) is 0 Å². The summed E-state index contributed by atoms with van der Waals surface area (Å²) in [7, 11) is 2.12. The number of hydroxylamine groups is 2. The highest BCUT2D eigenvalue weighted by molar-refractivity contribution is 5.41. The number of fused-ring (bicyclic) bond motifs is 1. The van der Waals surface area contributed by atoms with Gasteiger partial charge in [0.25, 0.3) is 0 Å². The van der Waals surface area contributed by atoms with Crippen molar-refractivity contribution in [2.45, 2.75) is 78.4 Å². The van der Waals surface area contributed by atoms with Gasteiger partial charge in [-0.2, -0.15) is 5.06 Å². The van der Waals surface area contributed by atoms with Gasteiger partial charge in [0.1, 0.15) is 0 Å². The van der Waals surface area contributed by atoms with Gasteiger partial charge in [-0.05, 0) is 81.0 Å². The first-order valence-corrected chi connectivity index (χ1v) is 9.05. The summed E-state index contributed by atoms with van der Waals surface area (Å²) >= 11 is 0. The van der Waals surface area contributed by atoms with Crippen LogP contribution in [0, 0.1) is 32.6 Å². The highest BCUT2D eigenvalue weighted by atomic mass is 16.7. The van der Waals surface area contributed by atoms with E-state index < -0.39 is 0 Å². The molecule has 2 heteroatoms. The topological polar surface area (TPSA) is 12.5 Å². The van der Waals surface area contributed by atoms with Crippen LogP contribution in [0.2, 0.25) is 0 Å².